The van der Waals surface area contributed by atoms with Gasteiger partial charge >= 0.3 is 0 Å². The molecule has 0 bridgehead atoms. The van der Waals surface area contributed by atoms with Crippen LogP contribution in [0.15, 0.2) is 67.1 Å². The first-order valence-electron chi connectivity index (χ1n) is 10.8. The quantitative estimate of drug-likeness (QED) is 0.657. The third-order valence-electron chi connectivity index (χ3n) is 6.49. The molecule has 0 aliphatic carbocycles. The van der Waals surface area contributed by atoms with E-state index in [9.17, 15) is 4.79 Å². The van der Waals surface area contributed by atoms with Crippen molar-refractivity contribution in [3.8, 4) is 5.69 Å². The fourth-order valence-corrected chi connectivity index (χ4v) is 4.99. The Labute approximate surface area is 177 Å². The van der Waals surface area contributed by atoms with Crippen molar-refractivity contribution in [2.45, 2.75) is 44.3 Å². The Morgan fingerprint density at radius 3 is 2.47 bits per heavy atom. The maximum absolute atomic E-state index is 13.6. The number of aromatic nitrogens is 3. The average Bonchev–Trinajstić information content (AvgIpc) is 3.44. The second-order valence-corrected chi connectivity index (χ2v) is 8.33. The molecular formula is C24H27N5O. The summed E-state index contributed by atoms with van der Waals surface area (Å²) in [5.74, 6) is 0.282. The predicted octanol–water partition coefficient (Wildman–Crippen LogP) is 3.42. The summed E-state index contributed by atoms with van der Waals surface area (Å²) in [7, 11) is 0. The van der Waals surface area contributed by atoms with E-state index >= 15 is 0 Å². The average molecular weight is 402 g/mol. The lowest BCUT2D eigenvalue weighted by atomic mass is 9.85. The van der Waals surface area contributed by atoms with Gasteiger partial charge in [0.15, 0.2) is 0 Å². The highest BCUT2D eigenvalue weighted by Gasteiger charge is 2.50. The Kier molecular flexibility index (Phi) is 5.09. The SMILES string of the molecule is O=C1N(Cc2ccccn2)CCCC12CCCN2Cc1ccc(-n2cccn2)cc1. The zero-order valence-electron chi connectivity index (χ0n) is 17.2. The van der Waals surface area contributed by atoms with Crippen LogP contribution in [0, 0.1) is 0 Å². The molecular weight excluding hydrogens is 374 g/mol. The molecule has 6 nitrogen and oxygen atoms in total. The first-order chi connectivity index (χ1) is 14.7. The number of nitrogens with zero attached hydrogens (tertiary/aromatic N) is 5. The van der Waals surface area contributed by atoms with Crippen molar-refractivity contribution < 1.29 is 4.79 Å². The smallest absolute Gasteiger partial charge is 0.243 e. The lowest BCUT2D eigenvalue weighted by Gasteiger charge is -2.44. The van der Waals surface area contributed by atoms with Crippen LogP contribution in [-0.4, -0.2) is 49.1 Å². The Bertz CT molecular complexity index is 986. The standard InChI is InChI=1S/C24H27N5O/c30-23-24(11-3-15-27(23)19-21-6-1-2-13-25-21)12-4-16-28(24)18-20-7-9-22(10-8-20)29-17-5-14-26-29/h1-2,5-10,13-14,17H,3-4,11-12,15-16,18-19H2. The summed E-state index contributed by atoms with van der Waals surface area (Å²) in [6.45, 7) is 3.21. The summed E-state index contributed by atoms with van der Waals surface area (Å²) in [6, 6.07) is 16.3. The van der Waals surface area contributed by atoms with E-state index in [-0.39, 0.29) is 11.4 Å². The number of hydrogen-bond acceptors (Lipinski definition) is 4. The van der Waals surface area contributed by atoms with Crippen LogP contribution in [0.1, 0.15) is 36.9 Å². The molecule has 4 heterocycles. The van der Waals surface area contributed by atoms with Crippen molar-refractivity contribution in [1.29, 1.82) is 0 Å². The van der Waals surface area contributed by atoms with Crippen LogP contribution in [0.2, 0.25) is 0 Å². The molecule has 0 radical (unpaired) electrons. The van der Waals surface area contributed by atoms with E-state index in [1.807, 2.05) is 40.0 Å². The van der Waals surface area contributed by atoms with Gasteiger partial charge in [-0.3, -0.25) is 14.7 Å². The van der Waals surface area contributed by atoms with E-state index in [2.05, 4.69) is 39.2 Å². The minimum Gasteiger partial charge on any atom is -0.335 e. The number of carbonyl (C=O) groups excluding carboxylic acids is 1. The van der Waals surface area contributed by atoms with E-state index in [1.54, 1.807) is 12.4 Å². The summed E-state index contributed by atoms with van der Waals surface area (Å²) in [5, 5.41) is 4.29. The van der Waals surface area contributed by atoms with Gasteiger partial charge in [0.05, 0.1) is 17.9 Å². The summed E-state index contributed by atoms with van der Waals surface area (Å²) in [6.07, 6.45) is 9.57. The maximum Gasteiger partial charge on any atom is 0.243 e. The maximum atomic E-state index is 13.6. The molecule has 2 fully saturated rings. The Morgan fingerprint density at radius 1 is 0.900 bits per heavy atom. The van der Waals surface area contributed by atoms with Crippen molar-refractivity contribution in [3.05, 3.63) is 78.4 Å². The van der Waals surface area contributed by atoms with Gasteiger partial charge in [0, 0.05) is 31.7 Å². The second kappa shape index (κ2) is 8.03. The minimum atomic E-state index is -0.353. The summed E-state index contributed by atoms with van der Waals surface area (Å²) < 4.78 is 1.86. The molecule has 2 aromatic heterocycles. The molecule has 5 rings (SSSR count). The molecule has 0 N–H and O–H groups in total. The molecule has 2 aliphatic heterocycles. The highest BCUT2D eigenvalue weighted by molar-refractivity contribution is 5.87. The monoisotopic (exact) mass is 401 g/mol. The predicted molar refractivity (Wildman–Crippen MR) is 115 cm³/mol. The van der Waals surface area contributed by atoms with Crippen molar-refractivity contribution in [2.75, 3.05) is 13.1 Å². The number of pyridine rings is 1. The van der Waals surface area contributed by atoms with Crippen molar-refractivity contribution in [1.82, 2.24) is 24.6 Å². The number of carbonyl (C=O) groups is 1. The molecule has 3 aromatic rings. The van der Waals surface area contributed by atoms with Gasteiger partial charge in [-0.05, 0) is 68.1 Å². The topological polar surface area (TPSA) is 54.3 Å². The van der Waals surface area contributed by atoms with E-state index in [4.69, 9.17) is 0 Å². The molecule has 30 heavy (non-hydrogen) atoms. The van der Waals surface area contributed by atoms with Crippen LogP contribution in [0.4, 0.5) is 0 Å². The van der Waals surface area contributed by atoms with Gasteiger partial charge in [0.25, 0.3) is 0 Å². The molecule has 1 amide bonds. The Balaban J connectivity index is 1.32. The van der Waals surface area contributed by atoms with Crippen LogP contribution >= 0.6 is 0 Å². The zero-order valence-corrected chi connectivity index (χ0v) is 17.2. The normalized spacial score (nSPS) is 22.1. The molecule has 1 atom stereocenters. The number of rotatable bonds is 5. The number of amides is 1. The van der Waals surface area contributed by atoms with Crippen LogP contribution in [0.25, 0.3) is 5.69 Å². The van der Waals surface area contributed by atoms with Gasteiger partial charge in [-0.15, -0.1) is 0 Å². The molecule has 1 spiro atoms. The van der Waals surface area contributed by atoms with Gasteiger partial charge in [0.1, 0.15) is 5.54 Å². The second-order valence-electron chi connectivity index (χ2n) is 8.33. The first-order valence-corrected chi connectivity index (χ1v) is 10.8. The summed E-state index contributed by atoms with van der Waals surface area (Å²) in [5.41, 5.74) is 2.90. The van der Waals surface area contributed by atoms with Crippen LogP contribution < -0.4 is 0 Å². The Morgan fingerprint density at radius 2 is 1.73 bits per heavy atom. The number of benzene rings is 1. The fourth-order valence-electron chi connectivity index (χ4n) is 4.99. The van der Waals surface area contributed by atoms with E-state index in [1.165, 1.54) is 5.56 Å². The number of hydrogen-bond donors (Lipinski definition) is 0. The van der Waals surface area contributed by atoms with Crippen LogP contribution in [0.5, 0.6) is 0 Å². The zero-order chi connectivity index (χ0) is 20.4. The van der Waals surface area contributed by atoms with Gasteiger partial charge < -0.3 is 4.90 Å². The van der Waals surface area contributed by atoms with Gasteiger partial charge in [0.2, 0.25) is 5.91 Å². The minimum absolute atomic E-state index is 0.282. The largest absolute Gasteiger partial charge is 0.335 e. The number of likely N-dealkylation sites (tertiary alicyclic amines) is 2. The molecule has 1 aromatic carbocycles. The van der Waals surface area contributed by atoms with Crippen molar-refractivity contribution in [2.24, 2.45) is 0 Å². The molecule has 2 aliphatic rings. The van der Waals surface area contributed by atoms with Gasteiger partial charge in [-0.2, -0.15) is 5.10 Å². The van der Waals surface area contributed by atoms with Crippen molar-refractivity contribution in [3.63, 3.8) is 0 Å². The molecule has 1 unspecified atom stereocenters. The van der Waals surface area contributed by atoms with E-state index in [0.29, 0.717) is 6.54 Å². The lowest BCUT2D eigenvalue weighted by molar-refractivity contribution is -0.148. The van der Waals surface area contributed by atoms with Crippen LogP contribution in [-0.2, 0) is 17.9 Å². The Hall–Kier alpha value is -2.99. The van der Waals surface area contributed by atoms with E-state index in [0.717, 1.165) is 56.7 Å². The van der Waals surface area contributed by atoms with Crippen molar-refractivity contribution >= 4 is 5.91 Å². The third kappa shape index (κ3) is 3.52. The molecule has 6 heteroatoms. The van der Waals surface area contributed by atoms with Gasteiger partial charge in [-0.25, -0.2) is 4.68 Å². The van der Waals surface area contributed by atoms with Crippen LogP contribution in [0.3, 0.4) is 0 Å². The third-order valence-corrected chi connectivity index (χ3v) is 6.49. The van der Waals surface area contributed by atoms with Gasteiger partial charge in [-0.1, -0.05) is 18.2 Å². The molecule has 0 saturated carbocycles. The molecule has 154 valence electrons. The van der Waals surface area contributed by atoms with E-state index < -0.39 is 0 Å². The highest BCUT2D eigenvalue weighted by Crippen LogP contribution is 2.39. The lowest BCUT2D eigenvalue weighted by Crippen LogP contribution is -2.59. The summed E-state index contributed by atoms with van der Waals surface area (Å²) in [4.78, 5) is 22.5. The summed E-state index contributed by atoms with van der Waals surface area (Å²) >= 11 is 0. The first kappa shape index (κ1) is 19.0. The fraction of sp³-hybridized carbons (Fsp3) is 0.375. The highest BCUT2D eigenvalue weighted by atomic mass is 16.2. The molecule has 2 saturated heterocycles. The number of piperidine rings is 1.